The minimum atomic E-state index is -1.77. The van der Waals surface area contributed by atoms with E-state index in [9.17, 15) is 22.4 Å². The number of benzene rings is 1. The maximum atomic E-state index is 13.8. The normalized spacial score (nSPS) is 16.8. The van der Waals surface area contributed by atoms with Crippen LogP contribution in [0.25, 0.3) is 0 Å². The maximum Gasteiger partial charge on any atom is 0.197 e. The topological polar surface area (TPSA) is 17.1 Å². The lowest BCUT2D eigenvalue weighted by Gasteiger charge is -2.12. The molecule has 1 aromatic rings. The van der Waals surface area contributed by atoms with Crippen LogP contribution < -0.4 is 0 Å². The van der Waals surface area contributed by atoms with Crippen molar-refractivity contribution in [3.63, 3.8) is 0 Å². The lowest BCUT2D eigenvalue weighted by molar-refractivity contribution is -0.121. The summed E-state index contributed by atoms with van der Waals surface area (Å²) < 4.78 is 54.3. The van der Waals surface area contributed by atoms with E-state index in [4.69, 9.17) is 0 Å². The van der Waals surface area contributed by atoms with Gasteiger partial charge in [0.05, 0.1) is 0 Å². The first kappa shape index (κ1) is 16.7. The predicted molar refractivity (Wildman–Crippen MR) is 77.4 cm³/mol. The number of Topliss-reactive ketones (excluding diaryl/α,β-unsaturated/α-hetero) is 1. The Labute approximate surface area is 128 Å². The molecule has 1 aliphatic heterocycles. The third kappa shape index (κ3) is 3.39. The first-order valence-corrected chi connectivity index (χ1v) is 8.80. The number of carbonyl (C=O) groups is 1. The summed E-state index contributed by atoms with van der Waals surface area (Å²) in [6.07, 6.45) is 0.407. The van der Waals surface area contributed by atoms with E-state index in [1.807, 2.05) is 0 Å². The first-order chi connectivity index (χ1) is 9.97. The second kappa shape index (κ2) is 7.05. The van der Waals surface area contributed by atoms with E-state index in [-0.39, 0.29) is 34.3 Å². The van der Waals surface area contributed by atoms with Gasteiger partial charge in [0, 0.05) is 46.5 Å². The Morgan fingerprint density at radius 3 is 1.76 bits per heavy atom. The standard InChI is InChI=1S/C14H14F4OS2/c1-2-10(19)7-3-20-5-8-9(6-21-4-7)12(16)14(18)13(17)11(8)15/h7H,2-6H2,1H3. The fourth-order valence-electron chi connectivity index (χ4n) is 2.15. The molecule has 1 nitrogen and oxygen atoms in total. The summed E-state index contributed by atoms with van der Waals surface area (Å²) in [4.78, 5) is 11.8. The Morgan fingerprint density at radius 1 is 0.952 bits per heavy atom. The SMILES string of the molecule is CCC(=O)C1CSCc2c(F)c(F)c(F)c(F)c2CSC1. The fraction of sp³-hybridized carbons (Fsp3) is 0.500. The van der Waals surface area contributed by atoms with Crippen LogP contribution in [0.4, 0.5) is 17.6 Å². The Bertz CT molecular complexity index is 522. The van der Waals surface area contributed by atoms with Crippen LogP contribution in [0, 0.1) is 29.2 Å². The number of hydrogen-bond donors (Lipinski definition) is 0. The minimum Gasteiger partial charge on any atom is -0.299 e. The van der Waals surface area contributed by atoms with Crippen molar-refractivity contribution < 1.29 is 22.4 Å². The van der Waals surface area contributed by atoms with Crippen LogP contribution in [0.15, 0.2) is 0 Å². The molecule has 0 bridgehead atoms. The summed E-state index contributed by atoms with van der Waals surface area (Å²) in [7, 11) is 0. The first-order valence-electron chi connectivity index (χ1n) is 6.49. The molecule has 1 aliphatic rings. The van der Waals surface area contributed by atoms with Gasteiger partial charge in [-0.25, -0.2) is 17.6 Å². The van der Waals surface area contributed by atoms with E-state index >= 15 is 0 Å². The molecule has 0 fully saturated rings. The number of carbonyl (C=O) groups excluding carboxylic acids is 1. The van der Waals surface area contributed by atoms with E-state index < -0.39 is 23.3 Å². The molecule has 2 rings (SSSR count). The van der Waals surface area contributed by atoms with Gasteiger partial charge in [-0.2, -0.15) is 23.5 Å². The lowest BCUT2D eigenvalue weighted by Crippen LogP contribution is -2.18. The van der Waals surface area contributed by atoms with Crippen molar-refractivity contribution in [2.75, 3.05) is 11.5 Å². The number of halogens is 4. The summed E-state index contributed by atoms with van der Waals surface area (Å²) in [5.74, 6) is -5.27. The second-order valence-corrected chi connectivity index (χ2v) is 6.82. The van der Waals surface area contributed by atoms with Gasteiger partial charge in [-0.15, -0.1) is 0 Å². The van der Waals surface area contributed by atoms with Gasteiger partial charge in [0.15, 0.2) is 23.3 Å². The molecule has 0 aromatic heterocycles. The summed E-state index contributed by atoms with van der Waals surface area (Å²) in [5, 5.41) is 0. The molecule has 0 amide bonds. The summed E-state index contributed by atoms with van der Waals surface area (Å²) in [6, 6.07) is 0. The molecule has 0 N–H and O–H groups in total. The molecule has 7 heteroatoms. The highest BCUT2D eigenvalue weighted by atomic mass is 32.2. The second-order valence-electron chi connectivity index (χ2n) is 4.76. The third-order valence-corrected chi connectivity index (χ3v) is 5.67. The predicted octanol–water partition coefficient (Wildman–Crippen LogP) is 4.32. The third-order valence-electron chi connectivity index (χ3n) is 3.41. The van der Waals surface area contributed by atoms with Crippen LogP contribution in [-0.4, -0.2) is 17.3 Å². The molecule has 116 valence electrons. The highest BCUT2D eigenvalue weighted by Crippen LogP contribution is 2.33. The van der Waals surface area contributed by atoms with Crippen molar-refractivity contribution in [3.8, 4) is 0 Å². The molecule has 21 heavy (non-hydrogen) atoms. The molecule has 1 aromatic carbocycles. The van der Waals surface area contributed by atoms with E-state index in [1.165, 1.54) is 23.5 Å². The zero-order valence-electron chi connectivity index (χ0n) is 11.3. The molecule has 1 heterocycles. The van der Waals surface area contributed by atoms with Crippen molar-refractivity contribution in [3.05, 3.63) is 34.4 Å². The quantitative estimate of drug-likeness (QED) is 0.454. The molecule has 0 saturated carbocycles. The van der Waals surface area contributed by atoms with Gasteiger partial charge in [0.1, 0.15) is 5.78 Å². The van der Waals surface area contributed by atoms with Crippen LogP contribution in [0.5, 0.6) is 0 Å². The minimum absolute atomic E-state index is 0.0311. The monoisotopic (exact) mass is 338 g/mol. The van der Waals surface area contributed by atoms with E-state index in [1.54, 1.807) is 6.92 Å². The zero-order valence-corrected chi connectivity index (χ0v) is 13.0. The van der Waals surface area contributed by atoms with Crippen LogP contribution in [0.1, 0.15) is 24.5 Å². The number of thioether (sulfide) groups is 2. The van der Waals surface area contributed by atoms with Crippen molar-refractivity contribution in [1.29, 1.82) is 0 Å². The Balaban J connectivity index is 2.32. The maximum absolute atomic E-state index is 13.8. The highest BCUT2D eigenvalue weighted by Gasteiger charge is 2.27. The molecule has 0 saturated heterocycles. The van der Waals surface area contributed by atoms with Crippen molar-refractivity contribution in [2.45, 2.75) is 24.9 Å². The molecule has 0 radical (unpaired) electrons. The molecule has 0 spiro atoms. The Morgan fingerprint density at radius 2 is 1.38 bits per heavy atom. The summed E-state index contributed by atoms with van der Waals surface area (Å²) >= 11 is 2.49. The summed E-state index contributed by atoms with van der Waals surface area (Å²) in [6.45, 7) is 1.77. The smallest absolute Gasteiger partial charge is 0.197 e. The molecular weight excluding hydrogens is 324 g/mol. The van der Waals surface area contributed by atoms with Crippen molar-refractivity contribution in [1.82, 2.24) is 0 Å². The van der Waals surface area contributed by atoms with Gasteiger partial charge >= 0.3 is 0 Å². The van der Waals surface area contributed by atoms with Gasteiger partial charge in [-0.1, -0.05) is 6.92 Å². The molecule has 0 unspecified atom stereocenters. The zero-order chi connectivity index (χ0) is 15.6. The van der Waals surface area contributed by atoms with E-state index in [2.05, 4.69) is 0 Å². The van der Waals surface area contributed by atoms with Gasteiger partial charge < -0.3 is 0 Å². The summed E-state index contributed by atoms with van der Waals surface area (Å²) in [5.41, 5.74) is -0.262. The Hall–Kier alpha value is -0.690. The molecule has 0 aliphatic carbocycles. The van der Waals surface area contributed by atoms with Crippen molar-refractivity contribution >= 4 is 29.3 Å². The van der Waals surface area contributed by atoms with E-state index in [0.717, 1.165) is 0 Å². The largest absolute Gasteiger partial charge is 0.299 e. The Kier molecular flexibility index (Phi) is 5.60. The van der Waals surface area contributed by atoms with Crippen LogP contribution in [0.2, 0.25) is 0 Å². The fourth-order valence-corrected chi connectivity index (χ4v) is 4.72. The lowest BCUT2D eigenvalue weighted by atomic mass is 10.1. The number of rotatable bonds is 2. The van der Waals surface area contributed by atoms with Gasteiger partial charge in [0.25, 0.3) is 0 Å². The average Bonchev–Trinajstić information content (AvgIpc) is 2.60. The van der Waals surface area contributed by atoms with Crippen LogP contribution in [-0.2, 0) is 16.3 Å². The molecule has 0 atom stereocenters. The van der Waals surface area contributed by atoms with Crippen molar-refractivity contribution in [2.24, 2.45) is 5.92 Å². The van der Waals surface area contributed by atoms with Gasteiger partial charge in [-0.3, -0.25) is 4.79 Å². The average molecular weight is 338 g/mol. The molecular formula is C14H14F4OS2. The van der Waals surface area contributed by atoms with Gasteiger partial charge in [-0.05, 0) is 0 Å². The number of hydrogen-bond acceptors (Lipinski definition) is 3. The number of ketones is 1. The van der Waals surface area contributed by atoms with E-state index in [0.29, 0.717) is 17.9 Å². The highest BCUT2D eigenvalue weighted by molar-refractivity contribution is 7.99. The van der Waals surface area contributed by atoms with Crippen LogP contribution in [0.3, 0.4) is 0 Å². The number of fused-ring (bicyclic) bond motifs is 1. The van der Waals surface area contributed by atoms with Gasteiger partial charge in [0.2, 0.25) is 0 Å². The van der Waals surface area contributed by atoms with Crippen LogP contribution >= 0.6 is 23.5 Å².